The highest BCUT2D eigenvalue weighted by Crippen LogP contribution is 2.19. The van der Waals surface area contributed by atoms with E-state index in [0.717, 1.165) is 11.3 Å². The number of H-pyrrole nitrogens is 1. The number of alkyl halides is 3. The van der Waals surface area contributed by atoms with E-state index in [-0.39, 0.29) is 12.1 Å². The van der Waals surface area contributed by atoms with Crippen LogP contribution < -0.4 is 0 Å². The van der Waals surface area contributed by atoms with E-state index in [1.165, 1.54) is 6.20 Å². The standard InChI is InChI=1S/C11H16F3N3O/c1-3-4-5-17(7-11(12,13)14)10(18)9-6-15-16-8(9)2/h6H,3-5,7H2,1-2H3,(H,15,16). The molecule has 1 aromatic rings. The quantitative estimate of drug-likeness (QED) is 0.887. The van der Waals surface area contributed by atoms with Crippen molar-refractivity contribution in [3.63, 3.8) is 0 Å². The molecule has 0 aliphatic heterocycles. The van der Waals surface area contributed by atoms with E-state index < -0.39 is 18.6 Å². The van der Waals surface area contributed by atoms with Gasteiger partial charge in [-0.2, -0.15) is 18.3 Å². The van der Waals surface area contributed by atoms with Gasteiger partial charge in [0.1, 0.15) is 6.54 Å². The van der Waals surface area contributed by atoms with E-state index in [9.17, 15) is 18.0 Å². The fourth-order valence-corrected chi connectivity index (χ4v) is 1.55. The Bertz CT molecular complexity index is 400. The third-order valence-corrected chi connectivity index (χ3v) is 2.50. The van der Waals surface area contributed by atoms with E-state index in [1.54, 1.807) is 6.92 Å². The Morgan fingerprint density at radius 3 is 2.61 bits per heavy atom. The summed E-state index contributed by atoms with van der Waals surface area (Å²) in [7, 11) is 0. The summed E-state index contributed by atoms with van der Waals surface area (Å²) in [5.41, 5.74) is 0.666. The van der Waals surface area contributed by atoms with Crippen LogP contribution in [0.1, 0.15) is 35.8 Å². The summed E-state index contributed by atoms with van der Waals surface area (Å²) in [5.74, 6) is -0.632. The second-order valence-corrected chi connectivity index (χ2v) is 4.10. The summed E-state index contributed by atoms with van der Waals surface area (Å²) in [6.45, 7) is 2.33. The van der Waals surface area contributed by atoms with E-state index in [0.29, 0.717) is 12.1 Å². The lowest BCUT2D eigenvalue weighted by Crippen LogP contribution is -2.39. The Hall–Kier alpha value is -1.53. The highest BCUT2D eigenvalue weighted by molar-refractivity contribution is 5.95. The topological polar surface area (TPSA) is 49.0 Å². The van der Waals surface area contributed by atoms with Crippen LogP contribution in [0.5, 0.6) is 0 Å². The maximum atomic E-state index is 12.4. The molecule has 18 heavy (non-hydrogen) atoms. The number of hydrogen-bond acceptors (Lipinski definition) is 2. The van der Waals surface area contributed by atoms with Gasteiger partial charge < -0.3 is 4.90 Å². The zero-order valence-corrected chi connectivity index (χ0v) is 10.3. The van der Waals surface area contributed by atoms with Crippen LogP contribution in [0.4, 0.5) is 13.2 Å². The molecule has 0 saturated carbocycles. The van der Waals surface area contributed by atoms with Gasteiger partial charge in [0.2, 0.25) is 0 Å². The van der Waals surface area contributed by atoms with Gasteiger partial charge >= 0.3 is 6.18 Å². The molecule has 1 rings (SSSR count). The second kappa shape index (κ2) is 5.88. The van der Waals surface area contributed by atoms with Crippen molar-refractivity contribution in [3.8, 4) is 0 Å². The maximum absolute atomic E-state index is 12.4. The van der Waals surface area contributed by atoms with Gasteiger partial charge in [0.15, 0.2) is 0 Å². The van der Waals surface area contributed by atoms with Crippen molar-refractivity contribution in [2.45, 2.75) is 32.9 Å². The monoisotopic (exact) mass is 263 g/mol. The van der Waals surface area contributed by atoms with Crippen molar-refractivity contribution in [1.82, 2.24) is 15.1 Å². The average Bonchev–Trinajstić information content (AvgIpc) is 2.68. The van der Waals surface area contributed by atoms with Crippen LogP contribution in [0, 0.1) is 6.92 Å². The number of nitrogens with zero attached hydrogens (tertiary/aromatic N) is 2. The number of aryl methyl sites for hydroxylation is 1. The number of rotatable bonds is 5. The van der Waals surface area contributed by atoms with Crippen LogP contribution in [-0.2, 0) is 0 Å². The molecule has 0 bridgehead atoms. The fraction of sp³-hybridized carbons (Fsp3) is 0.636. The summed E-state index contributed by atoms with van der Waals surface area (Å²) >= 11 is 0. The number of halogens is 3. The highest BCUT2D eigenvalue weighted by Gasteiger charge is 2.33. The van der Waals surface area contributed by atoms with Gasteiger partial charge in [0.05, 0.1) is 11.8 Å². The number of aromatic nitrogens is 2. The van der Waals surface area contributed by atoms with Crippen molar-refractivity contribution < 1.29 is 18.0 Å². The van der Waals surface area contributed by atoms with E-state index in [4.69, 9.17) is 0 Å². The molecule has 1 aromatic heterocycles. The molecule has 1 amide bonds. The minimum atomic E-state index is -4.39. The first-order valence-corrected chi connectivity index (χ1v) is 5.71. The molecule has 1 N–H and O–H groups in total. The molecule has 0 aliphatic rings. The largest absolute Gasteiger partial charge is 0.406 e. The molecule has 0 unspecified atom stereocenters. The number of amides is 1. The lowest BCUT2D eigenvalue weighted by Gasteiger charge is -2.23. The minimum Gasteiger partial charge on any atom is -0.329 e. The molecule has 0 aliphatic carbocycles. The molecule has 102 valence electrons. The third-order valence-electron chi connectivity index (χ3n) is 2.50. The first kappa shape index (κ1) is 14.5. The van der Waals surface area contributed by atoms with Crippen LogP contribution in [0.2, 0.25) is 0 Å². The molecule has 0 spiro atoms. The molecule has 0 fully saturated rings. The molecule has 7 heteroatoms. The fourth-order valence-electron chi connectivity index (χ4n) is 1.55. The molecule has 0 aromatic carbocycles. The number of unbranched alkanes of at least 4 members (excludes halogenated alkanes) is 1. The number of carbonyl (C=O) groups is 1. The number of nitrogens with one attached hydrogen (secondary N) is 1. The number of carbonyl (C=O) groups excluding carboxylic acids is 1. The maximum Gasteiger partial charge on any atom is 0.406 e. The summed E-state index contributed by atoms with van der Waals surface area (Å²) in [6.07, 6.45) is -1.86. The summed E-state index contributed by atoms with van der Waals surface area (Å²) in [6, 6.07) is 0. The number of aromatic amines is 1. The van der Waals surface area contributed by atoms with Crippen molar-refractivity contribution in [2.75, 3.05) is 13.1 Å². The summed E-state index contributed by atoms with van der Waals surface area (Å²) in [4.78, 5) is 12.8. The van der Waals surface area contributed by atoms with E-state index >= 15 is 0 Å². The van der Waals surface area contributed by atoms with Gasteiger partial charge in [0, 0.05) is 12.2 Å². The van der Waals surface area contributed by atoms with Gasteiger partial charge in [-0.15, -0.1) is 0 Å². The van der Waals surface area contributed by atoms with E-state index in [1.807, 2.05) is 6.92 Å². The lowest BCUT2D eigenvalue weighted by molar-refractivity contribution is -0.140. The molecule has 0 atom stereocenters. The Morgan fingerprint density at radius 2 is 2.17 bits per heavy atom. The van der Waals surface area contributed by atoms with Crippen LogP contribution in [0.25, 0.3) is 0 Å². The predicted octanol–water partition coefficient (Wildman–Crippen LogP) is 2.52. The zero-order chi connectivity index (χ0) is 13.8. The average molecular weight is 263 g/mol. The lowest BCUT2D eigenvalue weighted by atomic mass is 10.2. The van der Waals surface area contributed by atoms with E-state index in [2.05, 4.69) is 10.2 Å². The van der Waals surface area contributed by atoms with Crippen molar-refractivity contribution in [1.29, 1.82) is 0 Å². The van der Waals surface area contributed by atoms with Crippen molar-refractivity contribution in [3.05, 3.63) is 17.5 Å². The molecule has 0 saturated heterocycles. The van der Waals surface area contributed by atoms with Crippen LogP contribution in [-0.4, -0.2) is 40.3 Å². The van der Waals surface area contributed by atoms with Crippen LogP contribution >= 0.6 is 0 Å². The van der Waals surface area contributed by atoms with Crippen LogP contribution in [0.15, 0.2) is 6.20 Å². The minimum absolute atomic E-state index is 0.0967. The molecule has 1 heterocycles. The molecular formula is C11H16F3N3O. The normalized spacial score (nSPS) is 11.6. The van der Waals surface area contributed by atoms with Gasteiger partial charge in [0.25, 0.3) is 5.91 Å². The summed E-state index contributed by atoms with van der Waals surface area (Å²) in [5, 5.41) is 6.19. The third kappa shape index (κ3) is 4.05. The smallest absolute Gasteiger partial charge is 0.329 e. The van der Waals surface area contributed by atoms with Gasteiger partial charge in [-0.05, 0) is 13.3 Å². The Kier molecular flexibility index (Phi) is 4.75. The molecule has 0 radical (unpaired) electrons. The van der Waals surface area contributed by atoms with Crippen molar-refractivity contribution in [2.24, 2.45) is 0 Å². The SMILES string of the molecule is CCCCN(CC(F)(F)F)C(=O)c1cn[nH]c1C. The first-order valence-electron chi connectivity index (χ1n) is 5.71. The Balaban J connectivity index is 2.82. The Morgan fingerprint density at radius 1 is 1.50 bits per heavy atom. The zero-order valence-electron chi connectivity index (χ0n) is 10.3. The van der Waals surface area contributed by atoms with Crippen molar-refractivity contribution >= 4 is 5.91 Å². The summed E-state index contributed by atoms with van der Waals surface area (Å²) < 4.78 is 37.3. The van der Waals surface area contributed by atoms with Gasteiger partial charge in [-0.25, -0.2) is 0 Å². The van der Waals surface area contributed by atoms with Gasteiger partial charge in [-0.1, -0.05) is 13.3 Å². The molecular weight excluding hydrogens is 247 g/mol. The predicted molar refractivity (Wildman–Crippen MR) is 60.2 cm³/mol. The first-order chi connectivity index (χ1) is 8.35. The Labute approximate surface area is 103 Å². The molecule has 4 nitrogen and oxygen atoms in total. The van der Waals surface area contributed by atoms with Gasteiger partial charge in [-0.3, -0.25) is 9.89 Å². The second-order valence-electron chi connectivity index (χ2n) is 4.10. The van der Waals surface area contributed by atoms with Crippen LogP contribution in [0.3, 0.4) is 0 Å². The highest BCUT2D eigenvalue weighted by atomic mass is 19.4. The number of hydrogen-bond donors (Lipinski definition) is 1.